The van der Waals surface area contributed by atoms with E-state index in [9.17, 15) is 4.79 Å². The van der Waals surface area contributed by atoms with Gasteiger partial charge in [0.1, 0.15) is 0 Å². The van der Waals surface area contributed by atoms with E-state index in [2.05, 4.69) is 26.5 Å². The van der Waals surface area contributed by atoms with Crippen LogP contribution in [0.25, 0.3) is 0 Å². The Kier molecular flexibility index (Phi) is 5.39. The lowest BCUT2D eigenvalue weighted by Gasteiger charge is -2.03. The molecule has 3 nitrogen and oxygen atoms in total. The quantitative estimate of drug-likeness (QED) is 0.596. The molecule has 0 radical (unpaired) electrons. The number of hydrogen-bond donors (Lipinski definition) is 1. The van der Waals surface area contributed by atoms with E-state index in [0.717, 1.165) is 10.0 Å². The number of rotatable bonds is 3. The smallest absolute Gasteiger partial charge is 0.267 e. The van der Waals surface area contributed by atoms with Crippen molar-refractivity contribution in [3.63, 3.8) is 0 Å². The molecule has 0 atom stereocenters. The van der Waals surface area contributed by atoms with Crippen LogP contribution in [0.3, 0.4) is 0 Å². The molecule has 0 saturated heterocycles. The van der Waals surface area contributed by atoms with Gasteiger partial charge in [0.05, 0.1) is 11.2 Å². The van der Waals surface area contributed by atoms with Crippen LogP contribution in [0.4, 0.5) is 0 Å². The van der Waals surface area contributed by atoms with Crippen molar-refractivity contribution < 1.29 is 4.79 Å². The summed E-state index contributed by atoms with van der Waals surface area (Å²) in [7, 11) is 0. The van der Waals surface area contributed by atoms with Crippen molar-refractivity contribution in [2.24, 2.45) is 5.10 Å². The number of hydrazone groups is 1. The van der Waals surface area contributed by atoms with E-state index in [1.807, 2.05) is 13.0 Å². The second-order valence-electron chi connectivity index (χ2n) is 4.33. The minimum atomic E-state index is -0.294. The van der Waals surface area contributed by atoms with Gasteiger partial charge >= 0.3 is 0 Å². The van der Waals surface area contributed by atoms with E-state index in [1.165, 1.54) is 6.21 Å². The Morgan fingerprint density at radius 2 is 2.00 bits per heavy atom. The standard InChI is InChI=1S/C15H11BrCl2N2O/c1-9-2-3-10(6-13(9)16)15(21)20-19-8-11-4-5-12(17)7-14(11)18/h2-8H,1H3,(H,20,21)/b19-8+. The molecule has 0 fully saturated rings. The predicted molar refractivity (Wildman–Crippen MR) is 90.4 cm³/mol. The highest BCUT2D eigenvalue weighted by atomic mass is 79.9. The number of benzene rings is 2. The highest BCUT2D eigenvalue weighted by molar-refractivity contribution is 9.10. The number of aryl methyl sites for hydroxylation is 1. The molecule has 0 aliphatic rings. The highest BCUT2D eigenvalue weighted by Crippen LogP contribution is 2.19. The Balaban J connectivity index is 2.06. The SMILES string of the molecule is Cc1ccc(C(=O)N/N=C/c2ccc(Cl)cc2Cl)cc1Br. The van der Waals surface area contributed by atoms with Crippen molar-refractivity contribution >= 4 is 51.3 Å². The molecule has 108 valence electrons. The van der Waals surface area contributed by atoms with E-state index in [-0.39, 0.29) is 5.91 Å². The van der Waals surface area contributed by atoms with Crippen LogP contribution in [-0.2, 0) is 0 Å². The third-order valence-corrected chi connectivity index (χ3v) is 4.18. The molecule has 0 aliphatic heterocycles. The first-order chi connectivity index (χ1) is 9.97. The number of nitrogens with one attached hydrogen (secondary N) is 1. The van der Waals surface area contributed by atoms with Crippen LogP contribution in [0.2, 0.25) is 10.0 Å². The molecule has 0 bridgehead atoms. The topological polar surface area (TPSA) is 41.5 Å². The van der Waals surface area contributed by atoms with Crippen LogP contribution in [0.5, 0.6) is 0 Å². The molecular formula is C15H11BrCl2N2O. The number of halogens is 3. The van der Waals surface area contributed by atoms with Crippen LogP contribution < -0.4 is 5.43 Å². The molecule has 0 unspecified atom stereocenters. The second-order valence-corrected chi connectivity index (χ2v) is 6.03. The van der Waals surface area contributed by atoms with Crippen molar-refractivity contribution in [2.75, 3.05) is 0 Å². The van der Waals surface area contributed by atoms with E-state index in [4.69, 9.17) is 23.2 Å². The molecule has 0 aliphatic carbocycles. The first-order valence-corrected chi connectivity index (χ1v) is 7.57. The zero-order valence-corrected chi connectivity index (χ0v) is 14.1. The maximum atomic E-state index is 11.9. The lowest BCUT2D eigenvalue weighted by Crippen LogP contribution is -2.17. The maximum Gasteiger partial charge on any atom is 0.271 e. The zero-order chi connectivity index (χ0) is 15.4. The minimum absolute atomic E-state index is 0.294. The van der Waals surface area contributed by atoms with Crippen molar-refractivity contribution in [1.82, 2.24) is 5.43 Å². The minimum Gasteiger partial charge on any atom is -0.267 e. The first kappa shape index (κ1) is 16.0. The average Bonchev–Trinajstić information content (AvgIpc) is 2.44. The summed E-state index contributed by atoms with van der Waals surface area (Å²) in [6.07, 6.45) is 1.47. The molecule has 0 spiro atoms. The van der Waals surface area contributed by atoms with Gasteiger partial charge in [-0.3, -0.25) is 4.79 Å². The van der Waals surface area contributed by atoms with Crippen molar-refractivity contribution in [1.29, 1.82) is 0 Å². The second kappa shape index (κ2) is 7.07. The van der Waals surface area contributed by atoms with Gasteiger partial charge in [0, 0.05) is 20.6 Å². The van der Waals surface area contributed by atoms with Gasteiger partial charge in [-0.05, 0) is 36.8 Å². The predicted octanol–water partition coefficient (Wildman–Crippen LogP) is 4.83. The van der Waals surface area contributed by atoms with Crippen molar-refractivity contribution in [2.45, 2.75) is 6.92 Å². The average molecular weight is 386 g/mol. The molecule has 0 aromatic heterocycles. The van der Waals surface area contributed by atoms with Crippen LogP contribution >= 0.6 is 39.1 Å². The summed E-state index contributed by atoms with van der Waals surface area (Å²) < 4.78 is 0.875. The Bertz CT molecular complexity index is 717. The third-order valence-electron chi connectivity index (χ3n) is 2.77. The fraction of sp³-hybridized carbons (Fsp3) is 0.0667. The van der Waals surface area contributed by atoms with Gasteiger partial charge in [0.15, 0.2) is 0 Å². The van der Waals surface area contributed by atoms with Crippen molar-refractivity contribution in [3.8, 4) is 0 Å². The van der Waals surface area contributed by atoms with Crippen molar-refractivity contribution in [3.05, 3.63) is 67.6 Å². The summed E-state index contributed by atoms with van der Waals surface area (Å²) in [5, 5.41) is 4.91. The fourth-order valence-corrected chi connectivity index (χ4v) is 2.40. The summed E-state index contributed by atoms with van der Waals surface area (Å²) in [5.74, 6) is -0.294. The number of carbonyl (C=O) groups is 1. The summed E-state index contributed by atoms with van der Waals surface area (Å²) >= 11 is 15.2. The molecule has 2 rings (SSSR count). The van der Waals surface area contributed by atoms with Gasteiger partial charge in [0.25, 0.3) is 5.91 Å². The lowest BCUT2D eigenvalue weighted by atomic mass is 10.1. The molecule has 0 heterocycles. The van der Waals surface area contributed by atoms with Gasteiger partial charge < -0.3 is 0 Å². The molecule has 21 heavy (non-hydrogen) atoms. The number of carbonyl (C=O) groups excluding carboxylic acids is 1. The number of nitrogens with zero attached hydrogens (tertiary/aromatic N) is 1. The number of hydrogen-bond acceptors (Lipinski definition) is 2. The zero-order valence-electron chi connectivity index (χ0n) is 11.0. The van der Waals surface area contributed by atoms with Crippen LogP contribution in [-0.4, -0.2) is 12.1 Å². The molecular weight excluding hydrogens is 375 g/mol. The summed E-state index contributed by atoms with van der Waals surface area (Å²) in [6, 6.07) is 10.4. The monoisotopic (exact) mass is 384 g/mol. The first-order valence-electron chi connectivity index (χ1n) is 6.02. The lowest BCUT2D eigenvalue weighted by molar-refractivity contribution is 0.0955. The van der Waals surface area contributed by atoms with Gasteiger partial charge in [-0.1, -0.05) is 51.3 Å². The van der Waals surface area contributed by atoms with E-state index >= 15 is 0 Å². The van der Waals surface area contributed by atoms with Crippen LogP contribution in [0.1, 0.15) is 21.5 Å². The largest absolute Gasteiger partial charge is 0.271 e. The number of amides is 1. The summed E-state index contributed by atoms with van der Waals surface area (Å²) in [6.45, 7) is 1.95. The van der Waals surface area contributed by atoms with E-state index in [0.29, 0.717) is 21.2 Å². The summed E-state index contributed by atoms with van der Waals surface area (Å²) in [5.41, 5.74) is 4.71. The molecule has 2 aromatic rings. The molecule has 1 amide bonds. The molecule has 6 heteroatoms. The van der Waals surface area contributed by atoms with Crippen LogP contribution in [0.15, 0.2) is 46.0 Å². The highest BCUT2D eigenvalue weighted by Gasteiger charge is 2.06. The van der Waals surface area contributed by atoms with Crippen LogP contribution in [0, 0.1) is 6.92 Å². The Morgan fingerprint density at radius 1 is 1.24 bits per heavy atom. The van der Waals surface area contributed by atoms with E-state index < -0.39 is 0 Å². The molecule has 2 aromatic carbocycles. The fourth-order valence-electron chi connectivity index (χ4n) is 1.57. The Morgan fingerprint density at radius 3 is 2.67 bits per heavy atom. The Hall–Kier alpha value is -1.36. The normalized spacial score (nSPS) is 10.9. The van der Waals surface area contributed by atoms with Gasteiger partial charge in [-0.25, -0.2) is 5.43 Å². The van der Waals surface area contributed by atoms with Gasteiger partial charge in [-0.2, -0.15) is 5.10 Å². The molecule has 0 saturated carbocycles. The van der Waals surface area contributed by atoms with Gasteiger partial charge in [0.2, 0.25) is 0 Å². The Labute approximate surface area is 141 Å². The summed E-state index contributed by atoms with van der Waals surface area (Å²) in [4.78, 5) is 11.9. The van der Waals surface area contributed by atoms with Gasteiger partial charge in [-0.15, -0.1) is 0 Å². The van der Waals surface area contributed by atoms with E-state index in [1.54, 1.807) is 30.3 Å². The maximum absolute atomic E-state index is 11.9. The molecule has 1 N–H and O–H groups in total. The third kappa shape index (κ3) is 4.30.